The molecular formula is C21H31NO4. The minimum Gasteiger partial charge on any atom is -0.481 e. The number of carboxylic acids is 1. The molecule has 0 aliphatic rings. The fourth-order valence-corrected chi connectivity index (χ4v) is 3.64. The van der Waals surface area contributed by atoms with Crippen LogP contribution in [0.15, 0.2) is 18.2 Å². The Morgan fingerprint density at radius 2 is 2.00 bits per heavy atom. The van der Waals surface area contributed by atoms with E-state index in [0.29, 0.717) is 25.4 Å². The van der Waals surface area contributed by atoms with Crippen molar-refractivity contribution < 1.29 is 19.7 Å². The Kier molecular flexibility index (Phi) is 6.84. The topological polar surface area (TPSA) is 82.6 Å². The van der Waals surface area contributed by atoms with Crippen molar-refractivity contribution in [2.75, 3.05) is 13.2 Å². The van der Waals surface area contributed by atoms with Crippen LogP contribution in [0.5, 0.6) is 0 Å². The lowest BCUT2D eigenvalue weighted by Crippen LogP contribution is -2.31. The van der Waals surface area contributed by atoms with Crippen molar-refractivity contribution in [3.05, 3.63) is 35.0 Å². The van der Waals surface area contributed by atoms with Crippen LogP contribution in [-0.2, 0) is 21.6 Å². The van der Waals surface area contributed by atoms with Crippen molar-refractivity contribution in [3.63, 3.8) is 0 Å². The molecule has 144 valence electrons. The molecule has 0 aliphatic carbocycles. The largest absolute Gasteiger partial charge is 0.481 e. The van der Waals surface area contributed by atoms with Crippen LogP contribution in [-0.4, -0.2) is 34.4 Å². The first-order valence-corrected chi connectivity index (χ1v) is 9.49. The van der Waals surface area contributed by atoms with Gasteiger partial charge in [-0.05, 0) is 48.9 Å². The van der Waals surface area contributed by atoms with E-state index in [9.17, 15) is 9.90 Å². The average molecular weight is 361 g/mol. The predicted octanol–water partition coefficient (Wildman–Crippen LogP) is 4.33. The van der Waals surface area contributed by atoms with Crippen LogP contribution in [0.4, 0.5) is 0 Å². The smallest absolute Gasteiger partial charge is 0.303 e. The van der Waals surface area contributed by atoms with Crippen LogP contribution in [0.2, 0.25) is 0 Å². The maximum absolute atomic E-state index is 10.9. The van der Waals surface area contributed by atoms with Gasteiger partial charge in [0.1, 0.15) is 5.60 Å². The molecule has 1 aromatic heterocycles. The van der Waals surface area contributed by atoms with Gasteiger partial charge in [-0.25, -0.2) is 0 Å². The Hall–Kier alpha value is -1.85. The molecule has 0 bridgehead atoms. The number of benzene rings is 1. The molecule has 0 radical (unpaired) electrons. The normalized spacial score (nSPS) is 14.1. The van der Waals surface area contributed by atoms with Gasteiger partial charge in [-0.2, -0.15) is 0 Å². The van der Waals surface area contributed by atoms with Crippen LogP contribution in [0.1, 0.15) is 69.7 Å². The summed E-state index contributed by atoms with van der Waals surface area (Å²) in [6.45, 7) is 8.94. The van der Waals surface area contributed by atoms with Crippen molar-refractivity contribution in [2.24, 2.45) is 0 Å². The van der Waals surface area contributed by atoms with Crippen LogP contribution < -0.4 is 0 Å². The van der Waals surface area contributed by atoms with E-state index in [-0.39, 0.29) is 13.0 Å². The summed E-state index contributed by atoms with van der Waals surface area (Å²) in [5, 5.41) is 19.6. The number of hydrogen-bond donors (Lipinski definition) is 3. The number of nitrogens with one attached hydrogen (secondary N) is 1. The SMILES string of the molecule is CCOC(CC)(CCO)c1cc2cc(CCC(=O)O)cc(C(C)C)c2[nH]1. The third-order valence-electron chi connectivity index (χ3n) is 5.07. The molecule has 0 saturated carbocycles. The van der Waals surface area contributed by atoms with Crippen LogP contribution in [0.25, 0.3) is 10.9 Å². The molecule has 2 aromatic rings. The highest BCUT2D eigenvalue weighted by atomic mass is 16.5. The number of hydrogen-bond acceptors (Lipinski definition) is 3. The molecule has 1 atom stereocenters. The van der Waals surface area contributed by atoms with E-state index in [1.54, 1.807) is 0 Å². The van der Waals surface area contributed by atoms with Gasteiger partial charge in [0.25, 0.3) is 0 Å². The molecule has 5 nitrogen and oxygen atoms in total. The number of ether oxygens (including phenoxy) is 1. The van der Waals surface area contributed by atoms with Crippen LogP contribution >= 0.6 is 0 Å². The van der Waals surface area contributed by atoms with E-state index >= 15 is 0 Å². The molecule has 0 aliphatic heterocycles. The summed E-state index contributed by atoms with van der Waals surface area (Å²) < 4.78 is 6.08. The minimum absolute atomic E-state index is 0.0596. The first-order valence-electron chi connectivity index (χ1n) is 9.49. The number of aryl methyl sites for hydroxylation is 1. The van der Waals surface area contributed by atoms with Gasteiger partial charge >= 0.3 is 5.97 Å². The summed E-state index contributed by atoms with van der Waals surface area (Å²) in [7, 11) is 0. The Bertz CT molecular complexity index is 742. The first-order chi connectivity index (χ1) is 12.4. The summed E-state index contributed by atoms with van der Waals surface area (Å²) in [5.41, 5.74) is 3.74. The zero-order chi connectivity index (χ0) is 19.3. The van der Waals surface area contributed by atoms with Crippen molar-refractivity contribution in [1.82, 2.24) is 4.98 Å². The zero-order valence-electron chi connectivity index (χ0n) is 16.3. The van der Waals surface area contributed by atoms with Gasteiger partial charge < -0.3 is 19.9 Å². The molecule has 0 fully saturated rings. The lowest BCUT2D eigenvalue weighted by molar-refractivity contribution is -0.136. The van der Waals surface area contributed by atoms with Gasteiger partial charge in [-0.15, -0.1) is 0 Å². The monoisotopic (exact) mass is 361 g/mol. The number of H-pyrrole nitrogens is 1. The number of fused-ring (bicyclic) bond motifs is 1. The third kappa shape index (κ3) is 4.27. The molecule has 26 heavy (non-hydrogen) atoms. The van der Waals surface area contributed by atoms with Crippen molar-refractivity contribution in [3.8, 4) is 0 Å². The standard InChI is InChI=1S/C21H31NO4/c1-5-21(9-10-23,26-6-2)18-13-16-11-15(7-8-19(24)25)12-17(14(3)4)20(16)22-18/h11-14,22-23H,5-10H2,1-4H3,(H,24,25). The quantitative estimate of drug-likeness (QED) is 0.588. The second-order valence-electron chi connectivity index (χ2n) is 7.14. The summed E-state index contributed by atoms with van der Waals surface area (Å²) in [4.78, 5) is 14.5. The Balaban J connectivity index is 2.56. The van der Waals surface area contributed by atoms with Gasteiger partial charge in [0.2, 0.25) is 0 Å². The summed E-state index contributed by atoms with van der Waals surface area (Å²) in [5.74, 6) is -0.468. The van der Waals surface area contributed by atoms with E-state index in [4.69, 9.17) is 9.84 Å². The molecule has 0 spiro atoms. The summed E-state index contributed by atoms with van der Waals surface area (Å²) in [6, 6.07) is 6.27. The number of aromatic amines is 1. The maximum Gasteiger partial charge on any atom is 0.303 e. The molecule has 5 heteroatoms. The number of rotatable bonds is 10. The third-order valence-corrected chi connectivity index (χ3v) is 5.07. The molecular weight excluding hydrogens is 330 g/mol. The van der Waals surface area contributed by atoms with E-state index in [1.807, 2.05) is 6.92 Å². The Morgan fingerprint density at radius 3 is 2.54 bits per heavy atom. The molecule has 3 N–H and O–H groups in total. The lowest BCUT2D eigenvalue weighted by Gasteiger charge is -2.31. The highest BCUT2D eigenvalue weighted by molar-refractivity contribution is 5.85. The van der Waals surface area contributed by atoms with E-state index in [1.165, 1.54) is 5.56 Å². The van der Waals surface area contributed by atoms with E-state index in [0.717, 1.165) is 28.6 Å². The van der Waals surface area contributed by atoms with Gasteiger partial charge in [0.15, 0.2) is 0 Å². The molecule has 2 rings (SSSR count). The fraction of sp³-hybridized carbons (Fsp3) is 0.571. The average Bonchev–Trinajstić information content (AvgIpc) is 3.03. The van der Waals surface area contributed by atoms with Crippen LogP contribution in [0.3, 0.4) is 0 Å². The molecule has 1 heterocycles. The van der Waals surface area contributed by atoms with Crippen LogP contribution in [0, 0.1) is 0 Å². The van der Waals surface area contributed by atoms with Gasteiger partial charge in [0.05, 0.1) is 0 Å². The highest BCUT2D eigenvalue weighted by Gasteiger charge is 2.32. The number of aliphatic carboxylic acids is 1. The molecule has 1 unspecified atom stereocenters. The number of carbonyl (C=O) groups is 1. The van der Waals surface area contributed by atoms with Gasteiger partial charge in [0, 0.05) is 42.7 Å². The van der Waals surface area contributed by atoms with E-state index in [2.05, 4.69) is 44.0 Å². The molecule has 0 saturated heterocycles. The highest BCUT2D eigenvalue weighted by Crippen LogP contribution is 2.37. The Labute approximate surface area is 155 Å². The second-order valence-corrected chi connectivity index (χ2v) is 7.14. The summed E-state index contributed by atoms with van der Waals surface area (Å²) in [6.07, 6.45) is 1.94. The minimum atomic E-state index is -0.782. The van der Waals surface area contributed by atoms with E-state index < -0.39 is 11.6 Å². The first kappa shape index (κ1) is 20.5. The molecule has 1 aromatic carbocycles. The lowest BCUT2D eigenvalue weighted by atomic mass is 9.92. The number of carboxylic acid groups (broad SMARTS) is 1. The van der Waals surface area contributed by atoms with Crippen molar-refractivity contribution in [2.45, 2.75) is 64.9 Å². The van der Waals surface area contributed by atoms with Gasteiger partial charge in [-0.3, -0.25) is 4.79 Å². The molecule has 0 amide bonds. The van der Waals surface area contributed by atoms with Gasteiger partial charge in [-0.1, -0.05) is 26.8 Å². The number of aliphatic hydroxyl groups is 1. The fourth-order valence-electron chi connectivity index (χ4n) is 3.64. The predicted molar refractivity (Wildman–Crippen MR) is 104 cm³/mol. The van der Waals surface area contributed by atoms with Crippen molar-refractivity contribution in [1.29, 1.82) is 0 Å². The van der Waals surface area contributed by atoms with Crippen molar-refractivity contribution >= 4 is 16.9 Å². The zero-order valence-corrected chi connectivity index (χ0v) is 16.3. The Morgan fingerprint density at radius 1 is 1.27 bits per heavy atom. The maximum atomic E-state index is 10.9. The summed E-state index contributed by atoms with van der Waals surface area (Å²) >= 11 is 0. The number of aromatic nitrogens is 1. The number of aliphatic hydroxyl groups excluding tert-OH is 1. The second kappa shape index (κ2) is 8.69.